The third kappa shape index (κ3) is 4.09. The summed E-state index contributed by atoms with van der Waals surface area (Å²) in [6.45, 7) is 0.603. The molecule has 7 heteroatoms. The normalized spacial score (nSPS) is 16.1. The number of hydrogen-bond donors (Lipinski definition) is 0. The largest absolute Gasteiger partial charge is 0.414 e. The zero-order chi connectivity index (χ0) is 15.6. The van der Waals surface area contributed by atoms with Gasteiger partial charge in [0.05, 0.1) is 6.61 Å². The van der Waals surface area contributed by atoms with Gasteiger partial charge in [0.25, 0.3) is 0 Å². The molecule has 1 saturated heterocycles. The molecule has 1 fully saturated rings. The number of carbonyl (C=O) groups excluding carboxylic acids is 2. The standard InChI is InChI=1S/C14H18N2O5/c1-15(2)13(17)20-10-5-9(12-8-19-12)6-11(7-10)21-14(18)16(3)4/h5-7,12H,8H2,1-4H3. The molecule has 21 heavy (non-hydrogen) atoms. The van der Waals surface area contributed by atoms with Crippen LogP contribution < -0.4 is 9.47 Å². The minimum Gasteiger partial charge on any atom is -0.410 e. The van der Waals surface area contributed by atoms with E-state index in [1.54, 1.807) is 40.3 Å². The summed E-state index contributed by atoms with van der Waals surface area (Å²) in [5.74, 6) is 0.617. The molecule has 2 amide bonds. The van der Waals surface area contributed by atoms with Gasteiger partial charge in [-0.1, -0.05) is 0 Å². The molecule has 1 aromatic rings. The highest BCUT2D eigenvalue weighted by molar-refractivity contribution is 5.72. The van der Waals surface area contributed by atoms with Gasteiger partial charge in [-0.3, -0.25) is 0 Å². The summed E-state index contributed by atoms with van der Waals surface area (Å²) < 4.78 is 15.6. The van der Waals surface area contributed by atoms with Crippen LogP contribution in [0.1, 0.15) is 11.7 Å². The summed E-state index contributed by atoms with van der Waals surface area (Å²) in [6, 6.07) is 4.90. The van der Waals surface area contributed by atoms with Gasteiger partial charge < -0.3 is 24.0 Å². The van der Waals surface area contributed by atoms with Gasteiger partial charge in [0, 0.05) is 34.3 Å². The van der Waals surface area contributed by atoms with E-state index >= 15 is 0 Å². The Morgan fingerprint density at radius 2 is 1.43 bits per heavy atom. The third-order valence-corrected chi connectivity index (χ3v) is 2.75. The lowest BCUT2D eigenvalue weighted by Crippen LogP contribution is -2.26. The molecule has 1 aliphatic heterocycles. The number of rotatable bonds is 3. The van der Waals surface area contributed by atoms with Crippen LogP contribution in [0.2, 0.25) is 0 Å². The second kappa shape index (κ2) is 6.01. The Morgan fingerprint density at radius 3 is 1.76 bits per heavy atom. The van der Waals surface area contributed by atoms with Gasteiger partial charge in [-0.25, -0.2) is 9.59 Å². The van der Waals surface area contributed by atoms with Crippen LogP contribution >= 0.6 is 0 Å². The molecule has 1 heterocycles. The number of benzene rings is 1. The van der Waals surface area contributed by atoms with Crippen molar-refractivity contribution in [3.63, 3.8) is 0 Å². The van der Waals surface area contributed by atoms with Gasteiger partial charge in [-0.2, -0.15) is 0 Å². The molecule has 7 nitrogen and oxygen atoms in total. The average molecular weight is 294 g/mol. The summed E-state index contributed by atoms with van der Waals surface area (Å²) in [5, 5.41) is 0. The number of epoxide rings is 1. The number of ether oxygens (including phenoxy) is 3. The maximum Gasteiger partial charge on any atom is 0.414 e. The monoisotopic (exact) mass is 294 g/mol. The van der Waals surface area contributed by atoms with Gasteiger partial charge in [0.2, 0.25) is 0 Å². The fraction of sp³-hybridized carbons (Fsp3) is 0.429. The average Bonchev–Trinajstić information content (AvgIpc) is 3.22. The molecule has 1 unspecified atom stereocenters. The molecule has 0 aliphatic carbocycles. The van der Waals surface area contributed by atoms with E-state index in [1.807, 2.05) is 0 Å². The molecule has 0 bridgehead atoms. The van der Waals surface area contributed by atoms with Crippen LogP contribution in [0, 0.1) is 0 Å². The summed E-state index contributed by atoms with van der Waals surface area (Å²) in [5.41, 5.74) is 0.806. The van der Waals surface area contributed by atoms with Gasteiger partial charge in [0.1, 0.15) is 17.6 Å². The van der Waals surface area contributed by atoms with Gasteiger partial charge >= 0.3 is 12.2 Å². The molecule has 0 spiro atoms. The van der Waals surface area contributed by atoms with Crippen LogP contribution in [0.15, 0.2) is 18.2 Å². The Bertz CT molecular complexity index is 512. The maximum absolute atomic E-state index is 11.6. The van der Waals surface area contributed by atoms with Crippen molar-refractivity contribution in [2.75, 3.05) is 34.8 Å². The summed E-state index contributed by atoms with van der Waals surface area (Å²) in [7, 11) is 6.35. The quantitative estimate of drug-likeness (QED) is 0.796. The highest BCUT2D eigenvalue weighted by Crippen LogP contribution is 2.35. The van der Waals surface area contributed by atoms with Crippen LogP contribution in [0.4, 0.5) is 9.59 Å². The van der Waals surface area contributed by atoms with Crippen molar-refractivity contribution >= 4 is 12.2 Å². The van der Waals surface area contributed by atoms with E-state index in [0.29, 0.717) is 18.1 Å². The van der Waals surface area contributed by atoms with E-state index in [-0.39, 0.29) is 6.10 Å². The molecule has 1 aliphatic rings. The Hall–Kier alpha value is -2.28. The maximum atomic E-state index is 11.6. The molecule has 0 aromatic heterocycles. The van der Waals surface area contributed by atoms with E-state index in [9.17, 15) is 9.59 Å². The topological polar surface area (TPSA) is 71.6 Å². The molecule has 2 rings (SSSR count). The number of hydrogen-bond acceptors (Lipinski definition) is 5. The summed E-state index contributed by atoms with van der Waals surface area (Å²) in [4.78, 5) is 25.8. The Balaban J connectivity index is 2.21. The number of amides is 2. The van der Waals surface area contributed by atoms with Crippen molar-refractivity contribution in [3.05, 3.63) is 23.8 Å². The van der Waals surface area contributed by atoms with E-state index in [1.165, 1.54) is 15.9 Å². The first-order valence-corrected chi connectivity index (χ1v) is 6.41. The Labute approximate surface area is 123 Å². The van der Waals surface area contributed by atoms with Crippen molar-refractivity contribution in [1.29, 1.82) is 0 Å². The highest BCUT2D eigenvalue weighted by Gasteiger charge is 2.26. The molecule has 0 saturated carbocycles. The van der Waals surface area contributed by atoms with Crippen LogP contribution in [0.5, 0.6) is 11.5 Å². The van der Waals surface area contributed by atoms with E-state index in [2.05, 4.69) is 0 Å². The molecular weight excluding hydrogens is 276 g/mol. The highest BCUT2D eigenvalue weighted by atomic mass is 16.6. The molecule has 1 atom stereocenters. The first kappa shape index (κ1) is 15.1. The van der Waals surface area contributed by atoms with Gasteiger partial charge in [-0.15, -0.1) is 0 Å². The summed E-state index contributed by atoms with van der Waals surface area (Å²) >= 11 is 0. The third-order valence-electron chi connectivity index (χ3n) is 2.75. The smallest absolute Gasteiger partial charge is 0.410 e. The van der Waals surface area contributed by atoms with Crippen LogP contribution in [0.25, 0.3) is 0 Å². The lowest BCUT2D eigenvalue weighted by molar-refractivity contribution is 0.170. The second-order valence-corrected chi connectivity index (χ2v) is 5.08. The molecule has 114 valence electrons. The Kier molecular flexibility index (Phi) is 4.32. The van der Waals surface area contributed by atoms with Crippen LogP contribution in [0.3, 0.4) is 0 Å². The SMILES string of the molecule is CN(C)C(=O)Oc1cc(OC(=O)N(C)C)cc(C2CO2)c1. The van der Waals surface area contributed by atoms with Crippen LogP contribution in [-0.4, -0.2) is 56.8 Å². The second-order valence-electron chi connectivity index (χ2n) is 5.08. The number of carbonyl (C=O) groups is 2. The Morgan fingerprint density at radius 1 is 1.00 bits per heavy atom. The van der Waals surface area contributed by atoms with Crippen molar-refractivity contribution in [3.8, 4) is 11.5 Å². The zero-order valence-electron chi connectivity index (χ0n) is 12.5. The van der Waals surface area contributed by atoms with E-state index < -0.39 is 12.2 Å². The summed E-state index contributed by atoms with van der Waals surface area (Å²) in [6.07, 6.45) is -1.05. The zero-order valence-corrected chi connectivity index (χ0v) is 12.5. The fourth-order valence-electron chi connectivity index (χ4n) is 1.52. The first-order valence-electron chi connectivity index (χ1n) is 6.41. The van der Waals surface area contributed by atoms with Gasteiger partial charge in [-0.05, 0) is 17.7 Å². The van der Waals surface area contributed by atoms with Crippen molar-refractivity contribution in [2.45, 2.75) is 6.10 Å². The predicted molar refractivity (Wildman–Crippen MR) is 74.6 cm³/mol. The van der Waals surface area contributed by atoms with Crippen LogP contribution in [-0.2, 0) is 4.74 Å². The molecular formula is C14H18N2O5. The predicted octanol–water partition coefficient (Wildman–Crippen LogP) is 1.88. The van der Waals surface area contributed by atoms with Gasteiger partial charge in [0.15, 0.2) is 0 Å². The minimum absolute atomic E-state index is 0.0418. The fourth-order valence-corrected chi connectivity index (χ4v) is 1.52. The first-order chi connectivity index (χ1) is 9.86. The van der Waals surface area contributed by atoms with E-state index in [4.69, 9.17) is 14.2 Å². The number of nitrogens with zero attached hydrogens (tertiary/aromatic N) is 2. The lowest BCUT2D eigenvalue weighted by atomic mass is 10.1. The van der Waals surface area contributed by atoms with Crippen molar-refractivity contribution in [1.82, 2.24) is 9.80 Å². The van der Waals surface area contributed by atoms with Crippen molar-refractivity contribution < 1.29 is 23.8 Å². The van der Waals surface area contributed by atoms with E-state index in [0.717, 1.165) is 5.56 Å². The molecule has 0 N–H and O–H groups in total. The van der Waals surface area contributed by atoms with Crippen molar-refractivity contribution in [2.24, 2.45) is 0 Å². The lowest BCUT2D eigenvalue weighted by Gasteiger charge is -2.14. The molecule has 1 aromatic carbocycles. The minimum atomic E-state index is -0.506. The molecule has 0 radical (unpaired) electrons.